The van der Waals surface area contributed by atoms with Gasteiger partial charge in [-0.05, 0) is 24.1 Å². The number of aliphatic hydroxyl groups is 1. The Bertz CT molecular complexity index is 303. The second-order valence-corrected chi connectivity index (χ2v) is 4.19. The number of aliphatic hydroxyl groups excluding tert-OH is 1. The number of halogens is 1. The number of hydrogen-bond acceptors (Lipinski definition) is 2. The highest BCUT2D eigenvalue weighted by atomic mass is 35.5. The monoisotopic (exact) mass is 227 g/mol. The molecule has 0 saturated heterocycles. The summed E-state index contributed by atoms with van der Waals surface area (Å²) >= 11 is 5.91. The van der Waals surface area contributed by atoms with E-state index in [2.05, 4.69) is 6.92 Å². The predicted octanol–water partition coefficient (Wildman–Crippen LogP) is 2.54. The fraction of sp³-hybridized carbons (Fsp3) is 0.500. The van der Waals surface area contributed by atoms with Crippen LogP contribution in [0.2, 0.25) is 5.02 Å². The average Bonchev–Trinajstić information content (AvgIpc) is 2.19. The normalized spacial score (nSPS) is 14.9. The zero-order valence-corrected chi connectivity index (χ0v) is 9.74. The number of rotatable bonds is 5. The molecule has 0 radical (unpaired) electrons. The molecule has 2 unspecified atom stereocenters. The Morgan fingerprint density at radius 1 is 1.47 bits per heavy atom. The average molecular weight is 228 g/mol. The Kier molecular flexibility index (Phi) is 5.09. The lowest BCUT2D eigenvalue weighted by atomic mass is 9.91. The second-order valence-electron chi connectivity index (χ2n) is 3.75. The number of nitrogens with two attached hydrogens (primary N) is 1. The molecule has 2 atom stereocenters. The standard InChI is InChI=1S/C12H18ClNO/c1-2-4-12(15)11(8-14)9-5-3-6-10(13)7-9/h3,5-7,11-12,15H,2,4,8,14H2,1H3. The molecule has 0 aliphatic carbocycles. The van der Waals surface area contributed by atoms with Gasteiger partial charge in [-0.1, -0.05) is 37.1 Å². The summed E-state index contributed by atoms with van der Waals surface area (Å²) in [5.41, 5.74) is 6.70. The first-order valence-electron chi connectivity index (χ1n) is 5.32. The van der Waals surface area contributed by atoms with Gasteiger partial charge in [-0.15, -0.1) is 0 Å². The van der Waals surface area contributed by atoms with Gasteiger partial charge in [-0.2, -0.15) is 0 Å². The predicted molar refractivity (Wildman–Crippen MR) is 64.2 cm³/mol. The molecule has 3 heteroatoms. The molecule has 1 rings (SSSR count). The lowest BCUT2D eigenvalue weighted by Gasteiger charge is -2.21. The van der Waals surface area contributed by atoms with Gasteiger partial charge >= 0.3 is 0 Å². The third-order valence-corrected chi connectivity index (χ3v) is 2.81. The van der Waals surface area contributed by atoms with Crippen LogP contribution in [0.3, 0.4) is 0 Å². The summed E-state index contributed by atoms with van der Waals surface area (Å²) in [6.07, 6.45) is 1.35. The van der Waals surface area contributed by atoms with Crippen LogP contribution in [0.5, 0.6) is 0 Å². The van der Waals surface area contributed by atoms with Gasteiger partial charge in [0.25, 0.3) is 0 Å². The highest BCUT2D eigenvalue weighted by Crippen LogP contribution is 2.24. The Balaban J connectivity index is 2.82. The molecule has 3 N–H and O–H groups in total. The highest BCUT2D eigenvalue weighted by Gasteiger charge is 2.18. The van der Waals surface area contributed by atoms with Crippen molar-refractivity contribution in [2.45, 2.75) is 31.8 Å². The van der Waals surface area contributed by atoms with Gasteiger partial charge in [0.05, 0.1) is 6.10 Å². The van der Waals surface area contributed by atoms with E-state index < -0.39 is 0 Å². The van der Waals surface area contributed by atoms with E-state index in [1.165, 1.54) is 0 Å². The summed E-state index contributed by atoms with van der Waals surface area (Å²) in [5.74, 6) is -0.0105. The minimum absolute atomic E-state index is 0.0105. The molecule has 84 valence electrons. The Hall–Kier alpha value is -0.570. The summed E-state index contributed by atoms with van der Waals surface area (Å²) in [4.78, 5) is 0. The summed E-state index contributed by atoms with van der Waals surface area (Å²) in [6.45, 7) is 2.50. The molecule has 0 heterocycles. The van der Waals surface area contributed by atoms with Crippen LogP contribution in [-0.4, -0.2) is 17.8 Å². The van der Waals surface area contributed by atoms with Crippen LogP contribution in [0.4, 0.5) is 0 Å². The van der Waals surface area contributed by atoms with Crippen molar-refractivity contribution < 1.29 is 5.11 Å². The SMILES string of the molecule is CCCC(O)C(CN)c1cccc(Cl)c1. The molecule has 15 heavy (non-hydrogen) atoms. The topological polar surface area (TPSA) is 46.2 Å². The van der Waals surface area contributed by atoms with Crippen molar-refractivity contribution in [3.05, 3.63) is 34.9 Å². The van der Waals surface area contributed by atoms with E-state index >= 15 is 0 Å². The van der Waals surface area contributed by atoms with Crippen molar-refractivity contribution in [3.63, 3.8) is 0 Å². The Morgan fingerprint density at radius 3 is 2.73 bits per heavy atom. The van der Waals surface area contributed by atoms with Crippen LogP contribution in [0.1, 0.15) is 31.2 Å². The molecular formula is C12H18ClNO. The molecule has 0 fully saturated rings. The molecule has 0 saturated carbocycles. The Morgan fingerprint density at radius 2 is 2.20 bits per heavy atom. The molecule has 1 aromatic rings. The van der Waals surface area contributed by atoms with E-state index in [1.807, 2.05) is 24.3 Å². The number of benzene rings is 1. The van der Waals surface area contributed by atoms with Crippen molar-refractivity contribution >= 4 is 11.6 Å². The van der Waals surface area contributed by atoms with Gasteiger partial charge in [0.2, 0.25) is 0 Å². The lowest BCUT2D eigenvalue weighted by Crippen LogP contribution is -2.25. The molecule has 0 aromatic heterocycles. The maximum Gasteiger partial charge on any atom is 0.0620 e. The fourth-order valence-corrected chi connectivity index (χ4v) is 1.95. The highest BCUT2D eigenvalue weighted by molar-refractivity contribution is 6.30. The quantitative estimate of drug-likeness (QED) is 0.812. The zero-order chi connectivity index (χ0) is 11.3. The zero-order valence-electron chi connectivity index (χ0n) is 8.99. The van der Waals surface area contributed by atoms with E-state index in [-0.39, 0.29) is 12.0 Å². The van der Waals surface area contributed by atoms with Gasteiger partial charge in [-0.25, -0.2) is 0 Å². The molecule has 0 aliphatic heterocycles. The van der Waals surface area contributed by atoms with Crippen molar-refractivity contribution in [2.75, 3.05) is 6.54 Å². The minimum Gasteiger partial charge on any atom is -0.392 e. The van der Waals surface area contributed by atoms with E-state index in [0.717, 1.165) is 18.4 Å². The largest absolute Gasteiger partial charge is 0.392 e. The van der Waals surface area contributed by atoms with Gasteiger partial charge in [0.1, 0.15) is 0 Å². The van der Waals surface area contributed by atoms with Crippen LogP contribution in [0, 0.1) is 0 Å². The lowest BCUT2D eigenvalue weighted by molar-refractivity contribution is 0.135. The van der Waals surface area contributed by atoms with Crippen LogP contribution in [0.25, 0.3) is 0 Å². The number of hydrogen-bond donors (Lipinski definition) is 2. The van der Waals surface area contributed by atoms with Gasteiger partial charge in [0, 0.05) is 17.5 Å². The van der Waals surface area contributed by atoms with Crippen LogP contribution in [0.15, 0.2) is 24.3 Å². The first-order valence-corrected chi connectivity index (χ1v) is 5.70. The van der Waals surface area contributed by atoms with Gasteiger partial charge < -0.3 is 10.8 Å². The van der Waals surface area contributed by atoms with Crippen molar-refractivity contribution in [3.8, 4) is 0 Å². The van der Waals surface area contributed by atoms with Gasteiger partial charge in [-0.3, -0.25) is 0 Å². The smallest absolute Gasteiger partial charge is 0.0620 e. The van der Waals surface area contributed by atoms with Gasteiger partial charge in [0.15, 0.2) is 0 Å². The van der Waals surface area contributed by atoms with E-state index in [9.17, 15) is 5.11 Å². The first-order chi connectivity index (χ1) is 7.19. The van der Waals surface area contributed by atoms with Crippen molar-refractivity contribution in [1.82, 2.24) is 0 Å². The van der Waals surface area contributed by atoms with E-state index in [0.29, 0.717) is 11.6 Å². The van der Waals surface area contributed by atoms with Crippen molar-refractivity contribution in [2.24, 2.45) is 5.73 Å². The molecule has 2 nitrogen and oxygen atoms in total. The van der Waals surface area contributed by atoms with E-state index in [4.69, 9.17) is 17.3 Å². The molecule has 0 bridgehead atoms. The second kappa shape index (κ2) is 6.11. The molecule has 0 spiro atoms. The molecule has 1 aromatic carbocycles. The Labute approximate surface area is 96.1 Å². The molecular weight excluding hydrogens is 210 g/mol. The summed E-state index contributed by atoms with van der Waals surface area (Å²) in [5, 5.41) is 10.6. The fourth-order valence-electron chi connectivity index (χ4n) is 1.75. The van der Waals surface area contributed by atoms with Crippen molar-refractivity contribution in [1.29, 1.82) is 0 Å². The maximum absolute atomic E-state index is 9.93. The van der Waals surface area contributed by atoms with Crippen LogP contribution in [-0.2, 0) is 0 Å². The summed E-state index contributed by atoms with van der Waals surface area (Å²) in [7, 11) is 0. The first kappa shape index (κ1) is 12.5. The molecule has 0 aliphatic rings. The minimum atomic E-state index is -0.376. The summed E-state index contributed by atoms with van der Waals surface area (Å²) < 4.78 is 0. The molecule has 0 amide bonds. The summed E-state index contributed by atoms with van der Waals surface area (Å²) in [6, 6.07) is 7.55. The van der Waals surface area contributed by atoms with Crippen LogP contribution >= 0.6 is 11.6 Å². The van der Waals surface area contributed by atoms with Crippen LogP contribution < -0.4 is 5.73 Å². The third-order valence-electron chi connectivity index (χ3n) is 2.58. The van der Waals surface area contributed by atoms with E-state index in [1.54, 1.807) is 0 Å². The maximum atomic E-state index is 9.93. The third kappa shape index (κ3) is 3.49.